The van der Waals surface area contributed by atoms with E-state index in [2.05, 4.69) is 5.32 Å². The lowest BCUT2D eigenvalue weighted by Gasteiger charge is -2.19. The van der Waals surface area contributed by atoms with Crippen LogP contribution in [0.3, 0.4) is 0 Å². The fourth-order valence-corrected chi connectivity index (χ4v) is 2.66. The number of benzene rings is 2. The number of β-amino-alcohol motifs (C(OH)–C–C–N with tert-alkyl or cyclic N) is 1. The second-order valence-electron chi connectivity index (χ2n) is 5.49. The van der Waals surface area contributed by atoms with Crippen LogP contribution in [0.1, 0.15) is 6.42 Å². The molecule has 0 bridgehead atoms. The number of hydrogen-bond donors (Lipinski definition) is 2. The normalized spacial score (nSPS) is 17.3. The zero-order chi connectivity index (χ0) is 16.4. The molecule has 0 aliphatic carbocycles. The zero-order valence-corrected chi connectivity index (χ0v) is 12.3. The molecule has 1 atom stereocenters. The summed E-state index contributed by atoms with van der Waals surface area (Å²) >= 11 is 0. The van der Waals surface area contributed by atoms with Gasteiger partial charge >= 0.3 is 6.03 Å². The lowest BCUT2D eigenvalue weighted by atomic mass is 10.0. The van der Waals surface area contributed by atoms with Crippen LogP contribution < -0.4 is 5.32 Å². The van der Waals surface area contributed by atoms with E-state index < -0.39 is 23.8 Å². The second-order valence-corrected chi connectivity index (χ2v) is 5.49. The Kier molecular flexibility index (Phi) is 4.25. The van der Waals surface area contributed by atoms with E-state index in [1.165, 1.54) is 11.0 Å². The largest absolute Gasteiger partial charge is 0.391 e. The molecule has 2 aromatic carbocycles. The summed E-state index contributed by atoms with van der Waals surface area (Å²) in [5.41, 5.74) is 0.808. The number of aliphatic hydroxyl groups excluding tert-OH is 1. The summed E-state index contributed by atoms with van der Waals surface area (Å²) in [6, 6.07) is 10.1. The fraction of sp³-hybridized carbons (Fsp3) is 0.235. The van der Waals surface area contributed by atoms with Crippen LogP contribution in [-0.4, -0.2) is 35.2 Å². The number of carbonyl (C=O) groups is 1. The summed E-state index contributed by atoms with van der Waals surface area (Å²) in [5, 5.41) is 12.0. The lowest BCUT2D eigenvalue weighted by Crippen LogP contribution is -2.34. The molecule has 3 rings (SSSR count). The first-order valence-corrected chi connectivity index (χ1v) is 7.33. The molecule has 0 saturated carbocycles. The molecule has 2 amide bonds. The van der Waals surface area contributed by atoms with Gasteiger partial charge in [0.15, 0.2) is 0 Å². The van der Waals surface area contributed by atoms with Gasteiger partial charge in [-0.2, -0.15) is 0 Å². The highest BCUT2D eigenvalue weighted by atomic mass is 19.1. The van der Waals surface area contributed by atoms with Gasteiger partial charge in [-0.05, 0) is 18.1 Å². The molecule has 0 unspecified atom stereocenters. The summed E-state index contributed by atoms with van der Waals surface area (Å²) in [6.45, 7) is 0.603. The molecular formula is C17H16F2N2O2. The lowest BCUT2D eigenvalue weighted by molar-refractivity contribution is 0.176. The molecule has 0 aromatic heterocycles. The van der Waals surface area contributed by atoms with Crippen molar-refractivity contribution >= 4 is 11.7 Å². The van der Waals surface area contributed by atoms with Crippen molar-refractivity contribution in [3.8, 4) is 11.1 Å². The first kappa shape index (κ1) is 15.4. The maximum Gasteiger partial charge on any atom is 0.322 e. The third kappa shape index (κ3) is 3.32. The summed E-state index contributed by atoms with van der Waals surface area (Å²) < 4.78 is 27.8. The number of rotatable bonds is 2. The smallest absolute Gasteiger partial charge is 0.322 e. The maximum absolute atomic E-state index is 14.2. The Bertz CT molecular complexity index is 722. The van der Waals surface area contributed by atoms with E-state index >= 15 is 0 Å². The molecule has 1 aliphatic heterocycles. The Hall–Kier alpha value is -2.47. The Morgan fingerprint density at radius 1 is 1.22 bits per heavy atom. The van der Waals surface area contributed by atoms with Crippen molar-refractivity contribution in [3.63, 3.8) is 0 Å². The number of amides is 2. The SMILES string of the molecule is O=C(Nc1c(F)cc(F)cc1-c1ccccc1)N1CC[C@H](O)C1. The molecular weight excluding hydrogens is 302 g/mol. The molecule has 0 radical (unpaired) electrons. The number of carbonyl (C=O) groups excluding carboxylic acids is 1. The number of halogens is 2. The minimum Gasteiger partial charge on any atom is -0.391 e. The van der Waals surface area contributed by atoms with Crippen molar-refractivity contribution in [1.82, 2.24) is 4.90 Å². The van der Waals surface area contributed by atoms with Gasteiger partial charge in [-0.25, -0.2) is 13.6 Å². The van der Waals surface area contributed by atoms with Crippen LogP contribution in [0.4, 0.5) is 19.3 Å². The maximum atomic E-state index is 14.2. The number of aliphatic hydroxyl groups is 1. The highest BCUT2D eigenvalue weighted by molar-refractivity contribution is 5.94. The molecule has 120 valence electrons. The van der Waals surface area contributed by atoms with Crippen LogP contribution in [0.15, 0.2) is 42.5 Å². The van der Waals surface area contributed by atoms with Gasteiger partial charge in [-0.3, -0.25) is 0 Å². The van der Waals surface area contributed by atoms with Gasteiger partial charge in [0.05, 0.1) is 11.8 Å². The Morgan fingerprint density at radius 2 is 1.96 bits per heavy atom. The van der Waals surface area contributed by atoms with E-state index in [0.29, 0.717) is 18.5 Å². The zero-order valence-electron chi connectivity index (χ0n) is 12.3. The second kappa shape index (κ2) is 6.34. The van der Waals surface area contributed by atoms with Crippen LogP contribution in [-0.2, 0) is 0 Å². The average molecular weight is 318 g/mol. The molecule has 4 nitrogen and oxygen atoms in total. The highest BCUT2D eigenvalue weighted by Crippen LogP contribution is 2.31. The molecule has 23 heavy (non-hydrogen) atoms. The molecule has 2 N–H and O–H groups in total. The number of nitrogens with zero attached hydrogens (tertiary/aromatic N) is 1. The van der Waals surface area contributed by atoms with E-state index in [-0.39, 0.29) is 17.8 Å². The van der Waals surface area contributed by atoms with Crippen molar-refractivity contribution in [1.29, 1.82) is 0 Å². The molecule has 1 aliphatic rings. The predicted molar refractivity (Wildman–Crippen MR) is 83.0 cm³/mol. The fourth-order valence-electron chi connectivity index (χ4n) is 2.66. The first-order valence-electron chi connectivity index (χ1n) is 7.33. The van der Waals surface area contributed by atoms with E-state index in [1.54, 1.807) is 30.3 Å². The topological polar surface area (TPSA) is 52.6 Å². The van der Waals surface area contributed by atoms with Crippen molar-refractivity contribution in [2.24, 2.45) is 0 Å². The number of likely N-dealkylation sites (tertiary alicyclic amines) is 1. The van der Waals surface area contributed by atoms with Crippen LogP contribution in [0, 0.1) is 11.6 Å². The third-order valence-electron chi connectivity index (χ3n) is 3.82. The number of hydrogen-bond acceptors (Lipinski definition) is 2. The minimum atomic E-state index is -0.836. The third-order valence-corrected chi connectivity index (χ3v) is 3.82. The molecule has 1 fully saturated rings. The van der Waals surface area contributed by atoms with Gasteiger partial charge in [-0.1, -0.05) is 30.3 Å². The van der Waals surface area contributed by atoms with Crippen LogP contribution in [0.2, 0.25) is 0 Å². The molecule has 2 aromatic rings. The first-order chi connectivity index (χ1) is 11.0. The van der Waals surface area contributed by atoms with Crippen LogP contribution in [0.25, 0.3) is 11.1 Å². The standard InChI is InChI=1S/C17H16F2N2O2/c18-12-8-14(11-4-2-1-3-5-11)16(15(19)9-12)20-17(23)21-7-6-13(22)10-21/h1-5,8-9,13,22H,6-7,10H2,(H,20,23)/t13-/m0/s1. The highest BCUT2D eigenvalue weighted by Gasteiger charge is 2.26. The number of anilines is 1. The average Bonchev–Trinajstić information content (AvgIpc) is 2.97. The van der Waals surface area contributed by atoms with Crippen LogP contribution >= 0.6 is 0 Å². The molecule has 1 saturated heterocycles. The Morgan fingerprint density at radius 3 is 2.61 bits per heavy atom. The van der Waals surface area contributed by atoms with E-state index in [0.717, 1.165) is 6.07 Å². The van der Waals surface area contributed by atoms with Crippen LogP contribution in [0.5, 0.6) is 0 Å². The van der Waals surface area contributed by atoms with Gasteiger partial charge in [0.25, 0.3) is 0 Å². The van der Waals surface area contributed by atoms with Gasteiger partial charge in [0.1, 0.15) is 11.6 Å². The summed E-state index contributed by atoms with van der Waals surface area (Å²) in [5.74, 6) is -1.55. The van der Waals surface area contributed by atoms with Gasteiger partial charge in [0.2, 0.25) is 0 Å². The summed E-state index contributed by atoms with van der Waals surface area (Å²) in [7, 11) is 0. The quantitative estimate of drug-likeness (QED) is 0.893. The number of nitrogens with one attached hydrogen (secondary N) is 1. The van der Waals surface area contributed by atoms with Crippen molar-refractivity contribution in [2.45, 2.75) is 12.5 Å². The van der Waals surface area contributed by atoms with Crippen molar-refractivity contribution in [3.05, 3.63) is 54.1 Å². The van der Waals surface area contributed by atoms with E-state index in [1.807, 2.05) is 0 Å². The molecule has 6 heteroatoms. The minimum absolute atomic E-state index is 0.0658. The van der Waals surface area contributed by atoms with Crippen molar-refractivity contribution in [2.75, 3.05) is 18.4 Å². The van der Waals surface area contributed by atoms with Gasteiger partial charge in [-0.15, -0.1) is 0 Å². The predicted octanol–water partition coefficient (Wildman–Crippen LogP) is 3.23. The van der Waals surface area contributed by atoms with Gasteiger partial charge in [0, 0.05) is 24.7 Å². The Balaban J connectivity index is 1.93. The summed E-state index contributed by atoms with van der Waals surface area (Å²) in [4.78, 5) is 13.6. The molecule has 0 spiro atoms. The van der Waals surface area contributed by atoms with E-state index in [4.69, 9.17) is 0 Å². The van der Waals surface area contributed by atoms with E-state index in [9.17, 15) is 18.7 Å². The molecule has 1 heterocycles. The monoisotopic (exact) mass is 318 g/mol. The van der Waals surface area contributed by atoms with Crippen molar-refractivity contribution < 1.29 is 18.7 Å². The Labute approximate surface area is 132 Å². The number of urea groups is 1. The summed E-state index contributed by atoms with van der Waals surface area (Å²) in [6.07, 6.45) is -0.0716. The van der Waals surface area contributed by atoms with Gasteiger partial charge < -0.3 is 15.3 Å².